The lowest BCUT2D eigenvalue weighted by molar-refractivity contribution is -0.118. The zero-order chi connectivity index (χ0) is 16.2. The standard InChI is InChI=1S/C17H19N3O3/c1-12-9-13-5-2-3-7-15(13)20(12)11-16(21)19-17(22)18-10-14-6-4-8-23-14/h2-8,12H,9-11H2,1H3,(H2,18,19,21,22)/t12-/m1/s1. The molecule has 6 heteroatoms. The zero-order valence-electron chi connectivity index (χ0n) is 12.9. The van der Waals surface area contributed by atoms with E-state index in [0.29, 0.717) is 5.76 Å². The first-order chi connectivity index (χ1) is 11.1. The van der Waals surface area contributed by atoms with Gasteiger partial charge in [0.05, 0.1) is 19.4 Å². The summed E-state index contributed by atoms with van der Waals surface area (Å²) in [6.07, 6.45) is 2.44. The summed E-state index contributed by atoms with van der Waals surface area (Å²) >= 11 is 0. The van der Waals surface area contributed by atoms with E-state index in [1.54, 1.807) is 12.1 Å². The minimum Gasteiger partial charge on any atom is -0.467 e. The predicted molar refractivity (Wildman–Crippen MR) is 86.0 cm³/mol. The molecule has 0 fully saturated rings. The number of para-hydroxylation sites is 1. The largest absolute Gasteiger partial charge is 0.467 e. The van der Waals surface area contributed by atoms with E-state index in [2.05, 4.69) is 23.6 Å². The van der Waals surface area contributed by atoms with Crippen molar-refractivity contribution in [2.45, 2.75) is 25.9 Å². The van der Waals surface area contributed by atoms with E-state index in [9.17, 15) is 9.59 Å². The molecule has 1 aromatic carbocycles. The van der Waals surface area contributed by atoms with E-state index in [0.717, 1.165) is 12.1 Å². The Hall–Kier alpha value is -2.76. The van der Waals surface area contributed by atoms with E-state index in [1.807, 2.05) is 23.1 Å². The first-order valence-electron chi connectivity index (χ1n) is 7.58. The Kier molecular flexibility index (Phi) is 4.32. The molecule has 0 saturated heterocycles. The topological polar surface area (TPSA) is 74.6 Å². The minimum atomic E-state index is -0.522. The first kappa shape index (κ1) is 15.1. The number of hydrogen-bond acceptors (Lipinski definition) is 4. The fourth-order valence-corrected chi connectivity index (χ4v) is 2.82. The van der Waals surface area contributed by atoms with Crippen LogP contribution in [0.5, 0.6) is 0 Å². The van der Waals surface area contributed by atoms with E-state index in [4.69, 9.17) is 4.42 Å². The smallest absolute Gasteiger partial charge is 0.321 e. The van der Waals surface area contributed by atoms with Crippen molar-refractivity contribution in [3.8, 4) is 0 Å². The molecule has 0 aliphatic carbocycles. The minimum absolute atomic E-state index is 0.159. The van der Waals surface area contributed by atoms with Crippen LogP contribution in [0.25, 0.3) is 0 Å². The number of furan rings is 1. The summed E-state index contributed by atoms with van der Waals surface area (Å²) in [7, 11) is 0. The third-order valence-electron chi connectivity index (χ3n) is 3.92. The molecule has 1 aromatic heterocycles. The highest BCUT2D eigenvalue weighted by Crippen LogP contribution is 2.31. The number of carbonyl (C=O) groups is 2. The lowest BCUT2D eigenvalue weighted by Gasteiger charge is -2.23. The van der Waals surface area contributed by atoms with Crippen molar-refractivity contribution in [3.63, 3.8) is 0 Å². The molecule has 2 heterocycles. The number of hydrogen-bond donors (Lipinski definition) is 2. The van der Waals surface area contributed by atoms with E-state index in [-0.39, 0.29) is 25.0 Å². The van der Waals surface area contributed by atoms with E-state index in [1.165, 1.54) is 11.8 Å². The van der Waals surface area contributed by atoms with Crippen molar-refractivity contribution in [1.82, 2.24) is 10.6 Å². The second-order valence-electron chi connectivity index (χ2n) is 5.62. The van der Waals surface area contributed by atoms with Gasteiger partial charge in [-0.05, 0) is 37.1 Å². The fourth-order valence-electron chi connectivity index (χ4n) is 2.82. The number of urea groups is 1. The van der Waals surface area contributed by atoms with Gasteiger partial charge in [-0.25, -0.2) is 4.79 Å². The second-order valence-corrected chi connectivity index (χ2v) is 5.62. The number of amides is 3. The zero-order valence-corrected chi connectivity index (χ0v) is 12.9. The molecule has 3 rings (SSSR count). The third kappa shape index (κ3) is 3.53. The summed E-state index contributed by atoms with van der Waals surface area (Å²) in [4.78, 5) is 25.9. The van der Waals surface area contributed by atoms with Crippen LogP contribution in [0.4, 0.5) is 10.5 Å². The number of fused-ring (bicyclic) bond motifs is 1. The molecule has 2 N–H and O–H groups in total. The summed E-state index contributed by atoms with van der Waals surface area (Å²) < 4.78 is 5.11. The van der Waals surface area contributed by atoms with Crippen LogP contribution in [0.15, 0.2) is 47.1 Å². The maximum absolute atomic E-state index is 12.1. The quantitative estimate of drug-likeness (QED) is 0.906. The Morgan fingerprint density at radius 1 is 1.26 bits per heavy atom. The molecule has 0 bridgehead atoms. The highest BCUT2D eigenvalue weighted by Gasteiger charge is 2.27. The van der Waals surface area contributed by atoms with Crippen molar-refractivity contribution in [2.24, 2.45) is 0 Å². The summed E-state index contributed by atoms with van der Waals surface area (Å²) in [6, 6.07) is 11.2. The molecule has 0 spiro atoms. The Balaban J connectivity index is 1.52. The predicted octanol–water partition coefficient (Wildman–Crippen LogP) is 2.06. The van der Waals surface area contributed by atoms with Crippen LogP contribution in [0.1, 0.15) is 18.2 Å². The Morgan fingerprint density at radius 2 is 2.09 bits per heavy atom. The molecular weight excluding hydrogens is 294 g/mol. The number of rotatable bonds is 4. The molecule has 1 aliphatic rings. The Bertz CT molecular complexity index is 697. The normalized spacial score (nSPS) is 16.0. The number of benzene rings is 1. The van der Waals surface area contributed by atoms with Crippen LogP contribution >= 0.6 is 0 Å². The molecular formula is C17H19N3O3. The molecule has 120 valence electrons. The van der Waals surface area contributed by atoms with Crippen molar-refractivity contribution in [1.29, 1.82) is 0 Å². The van der Waals surface area contributed by atoms with Crippen molar-refractivity contribution in [2.75, 3.05) is 11.4 Å². The van der Waals surface area contributed by atoms with Gasteiger partial charge in [-0.3, -0.25) is 10.1 Å². The summed E-state index contributed by atoms with van der Waals surface area (Å²) in [6.45, 7) is 2.48. The Labute approximate surface area is 134 Å². The van der Waals surface area contributed by atoms with Gasteiger partial charge in [0, 0.05) is 11.7 Å². The Morgan fingerprint density at radius 3 is 2.87 bits per heavy atom. The average molecular weight is 313 g/mol. The number of imide groups is 1. The van der Waals surface area contributed by atoms with Gasteiger partial charge in [-0.1, -0.05) is 18.2 Å². The first-order valence-corrected chi connectivity index (χ1v) is 7.58. The van der Waals surface area contributed by atoms with Crippen LogP contribution < -0.4 is 15.5 Å². The highest BCUT2D eigenvalue weighted by molar-refractivity contribution is 5.96. The SMILES string of the molecule is C[C@@H]1Cc2ccccc2N1CC(=O)NC(=O)NCc1ccco1. The van der Waals surface area contributed by atoms with Crippen LogP contribution in [-0.2, 0) is 17.8 Å². The van der Waals surface area contributed by atoms with Crippen LogP contribution in [0.3, 0.4) is 0 Å². The summed E-state index contributed by atoms with van der Waals surface area (Å²) in [5.41, 5.74) is 2.29. The van der Waals surface area contributed by atoms with Gasteiger partial charge in [-0.2, -0.15) is 0 Å². The molecule has 0 radical (unpaired) electrons. The van der Waals surface area contributed by atoms with Gasteiger partial charge >= 0.3 is 6.03 Å². The number of carbonyl (C=O) groups excluding carboxylic acids is 2. The monoisotopic (exact) mass is 313 g/mol. The lowest BCUT2D eigenvalue weighted by atomic mass is 10.1. The summed E-state index contributed by atoms with van der Waals surface area (Å²) in [5, 5.41) is 4.94. The molecule has 23 heavy (non-hydrogen) atoms. The van der Waals surface area contributed by atoms with Crippen LogP contribution in [0.2, 0.25) is 0 Å². The van der Waals surface area contributed by atoms with E-state index < -0.39 is 6.03 Å². The third-order valence-corrected chi connectivity index (χ3v) is 3.92. The average Bonchev–Trinajstić information content (AvgIpc) is 3.14. The number of nitrogens with zero attached hydrogens (tertiary/aromatic N) is 1. The maximum atomic E-state index is 12.1. The van der Waals surface area contributed by atoms with Gasteiger partial charge in [0.2, 0.25) is 5.91 Å². The molecule has 2 aromatic rings. The van der Waals surface area contributed by atoms with Gasteiger partial charge in [-0.15, -0.1) is 0 Å². The number of anilines is 1. The van der Waals surface area contributed by atoms with E-state index >= 15 is 0 Å². The van der Waals surface area contributed by atoms with Crippen LogP contribution in [0, 0.1) is 0 Å². The van der Waals surface area contributed by atoms with Crippen molar-refractivity contribution >= 4 is 17.6 Å². The van der Waals surface area contributed by atoms with Gasteiger partial charge in [0.25, 0.3) is 0 Å². The lowest BCUT2D eigenvalue weighted by Crippen LogP contribution is -2.45. The number of nitrogens with one attached hydrogen (secondary N) is 2. The second kappa shape index (κ2) is 6.56. The van der Waals surface area contributed by atoms with Gasteiger partial charge in [0.1, 0.15) is 5.76 Å². The van der Waals surface area contributed by atoms with Crippen LogP contribution in [-0.4, -0.2) is 24.5 Å². The van der Waals surface area contributed by atoms with Crippen molar-refractivity contribution in [3.05, 3.63) is 54.0 Å². The van der Waals surface area contributed by atoms with Crippen molar-refractivity contribution < 1.29 is 14.0 Å². The summed E-state index contributed by atoms with van der Waals surface area (Å²) in [5.74, 6) is 0.306. The molecule has 3 amide bonds. The molecule has 0 unspecified atom stereocenters. The highest BCUT2D eigenvalue weighted by atomic mass is 16.3. The molecule has 1 atom stereocenters. The molecule has 0 saturated carbocycles. The fraction of sp³-hybridized carbons (Fsp3) is 0.294. The van der Waals surface area contributed by atoms with Gasteiger partial charge < -0.3 is 14.6 Å². The van der Waals surface area contributed by atoms with Gasteiger partial charge in [0.15, 0.2) is 0 Å². The molecule has 6 nitrogen and oxygen atoms in total. The maximum Gasteiger partial charge on any atom is 0.321 e. The molecule has 1 aliphatic heterocycles.